The van der Waals surface area contributed by atoms with Crippen LogP contribution in [0.3, 0.4) is 0 Å². The molecule has 2 aromatic rings. The highest BCUT2D eigenvalue weighted by molar-refractivity contribution is 9.10. The molecular weight excluding hydrogens is 318 g/mol. The molecule has 0 bridgehead atoms. The van der Waals surface area contributed by atoms with Crippen molar-refractivity contribution in [3.63, 3.8) is 0 Å². The predicted molar refractivity (Wildman–Crippen MR) is 73.7 cm³/mol. The van der Waals surface area contributed by atoms with Gasteiger partial charge in [0.2, 0.25) is 0 Å². The molecule has 0 spiro atoms. The zero-order valence-electron chi connectivity index (χ0n) is 9.32. The highest BCUT2D eigenvalue weighted by Crippen LogP contribution is 2.23. The summed E-state index contributed by atoms with van der Waals surface area (Å²) in [5.41, 5.74) is 0. The number of nitrogens with zero attached hydrogens (tertiary/aromatic N) is 3. The van der Waals surface area contributed by atoms with Crippen LogP contribution in [0.2, 0.25) is 0 Å². The van der Waals surface area contributed by atoms with E-state index in [0.717, 1.165) is 5.75 Å². The van der Waals surface area contributed by atoms with Crippen LogP contribution in [0.1, 0.15) is 0 Å². The van der Waals surface area contributed by atoms with Gasteiger partial charge in [0.15, 0.2) is 0 Å². The summed E-state index contributed by atoms with van der Waals surface area (Å²) in [6.45, 7) is 0.631. The molecule has 0 aliphatic rings. The Morgan fingerprint density at radius 3 is 2.72 bits per heavy atom. The number of hydrogen-bond donors (Lipinski definition) is 0. The molecule has 0 saturated heterocycles. The number of hydrogen-bond acceptors (Lipinski definition) is 4. The maximum absolute atomic E-state index is 10.6. The van der Waals surface area contributed by atoms with Gasteiger partial charge in [0, 0.05) is 10.6 Å². The third-order valence-corrected chi connectivity index (χ3v) is 3.76. The van der Waals surface area contributed by atoms with Gasteiger partial charge in [0.1, 0.15) is 4.47 Å². The van der Waals surface area contributed by atoms with E-state index < -0.39 is 4.92 Å². The second kappa shape index (κ2) is 6.01. The number of halogens is 1. The van der Waals surface area contributed by atoms with Crippen LogP contribution in [0.15, 0.2) is 45.9 Å². The van der Waals surface area contributed by atoms with Gasteiger partial charge in [-0.25, -0.2) is 0 Å². The Balaban J connectivity index is 1.91. The maximum atomic E-state index is 10.6. The number of thioether (sulfide) groups is 1. The quantitative estimate of drug-likeness (QED) is 0.480. The van der Waals surface area contributed by atoms with E-state index >= 15 is 0 Å². The highest BCUT2D eigenvalue weighted by atomic mass is 79.9. The Labute approximate surface area is 116 Å². The van der Waals surface area contributed by atoms with Crippen molar-refractivity contribution in [3.05, 3.63) is 51.1 Å². The van der Waals surface area contributed by atoms with Crippen LogP contribution in [0.4, 0.5) is 5.82 Å². The molecule has 1 aromatic carbocycles. The maximum Gasteiger partial charge on any atom is 0.404 e. The molecule has 0 aliphatic carbocycles. The minimum atomic E-state index is -0.495. The Hall–Kier alpha value is -1.34. The molecule has 5 nitrogen and oxygen atoms in total. The molecule has 0 aliphatic heterocycles. The average molecular weight is 328 g/mol. The zero-order valence-corrected chi connectivity index (χ0v) is 11.7. The monoisotopic (exact) mass is 327 g/mol. The first-order valence-electron chi connectivity index (χ1n) is 5.22. The summed E-state index contributed by atoms with van der Waals surface area (Å²) < 4.78 is 2.00. The summed E-state index contributed by atoms with van der Waals surface area (Å²) >= 11 is 4.82. The van der Waals surface area contributed by atoms with Crippen LogP contribution in [0.5, 0.6) is 0 Å². The van der Waals surface area contributed by atoms with Crippen molar-refractivity contribution in [1.29, 1.82) is 0 Å². The van der Waals surface area contributed by atoms with Crippen LogP contribution < -0.4 is 0 Å². The molecular formula is C11H10BrN3O2S. The van der Waals surface area contributed by atoms with Gasteiger partial charge in [-0.15, -0.1) is 11.8 Å². The van der Waals surface area contributed by atoms with Crippen molar-refractivity contribution < 1.29 is 4.92 Å². The largest absolute Gasteiger partial charge is 0.404 e. The van der Waals surface area contributed by atoms with Gasteiger partial charge >= 0.3 is 5.82 Å². The van der Waals surface area contributed by atoms with Crippen molar-refractivity contribution in [2.75, 3.05) is 5.75 Å². The summed E-state index contributed by atoms with van der Waals surface area (Å²) in [4.78, 5) is 11.3. The van der Waals surface area contributed by atoms with E-state index in [1.165, 1.54) is 4.90 Å². The van der Waals surface area contributed by atoms with Crippen molar-refractivity contribution >= 4 is 33.5 Å². The first-order chi connectivity index (χ1) is 8.66. The summed E-state index contributed by atoms with van der Waals surface area (Å²) in [7, 11) is 0. The lowest BCUT2D eigenvalue weighted by molar-refractivity contribution is -0.390. The minimum absolute atomic E-state index is 0.139. The Morgan fingerprint density at radius 1 is 1.39 bits per heavy atom. The molecule has 0 unspecified atom stereocenters. The summed E-state index contributed by atoms with van der Waals surface area (Å²) in [6.07, 6.45) is 1.63. The van der Waals surface area contributed by atoms with E-state index in [0.29, 0.717) is 11.0 Å². The minimum Gasteiger partial charge on any atom is -0.358 e. The molecule has 0 saturated carbocycles. The molecule has 2 rings (SSSR count). The number of rotatable bonds is 5. The SMILES string of the molecule is O=[N+]([O-])c1nn(CCSc2ccccc2)cc1Br. The van der Waals surface area contributed by atoms with Crippen molar-refractivity contribution in [3.8, 4) is 0 Å². The third kappa shape index (κ3) is 3.33. The van der Waals surface area contributed by atoms with Crippen LogP contribution in [-0.2, 0) is 6.54 Å². The molecule has 0 N–H and O–H groups in total. The lowest BCUT2D eigenvalue weighted by Gasteiger charge is -1.99. The van der Waals surface area contributed by atoms with Crippen LogP contribution in [0, 0.1) is 10.1 Å². The first kappa shape index (κ1) is 13.1. The lowest BCUT2D eigenvalue weighted by atomic mass is 10.4. The fourth-order valence-corrected chi connectivity index (χ4v) is 2.72. The second-order valence-electron chi connectivity index (χ2n) is 3.48. The number of benzene rings is 1. The number of nitro groups is 1. The molecule has 0 amide bonds. The van der Waals surface area contributed by atoms with Gasteiger partial charge in [-0.1, -0.05) is 18.2 Å². The van der Waals surface area contributed by atoms with Crippen LogP contribution >= 0.6 is 27.7 Å². The summed E-state index contributed by atoms with van der Waals surface area (Å²) in [6, 6.07) is 10.0. The standard InChI is InChI=1S/C11H10BrN3O2S/c12-10-8-14(13-11(10)15(16)17)6-7-18-9-4-2-1-3-5-9/h1-5,8H,6-7H2. The molecule has 0 fully saturated rings. The summed E-state index contributed by atoms with van der Waals surface area (Å²) in [5, 5.41) is 14.5. The Morgan fingerprint density at radius 2 is 2.11 bits per heavy atom. The molecule has 0 atom stereocenters. The van der Waals surface area contributed by atoms with Crippen molar-refractivity contribution in [2.45, 2.75) is 11.4 Å². The zero-order chi connectivity index (χ0) is 13.0. The lowest BCUT2D eigenvalue weighted by Crippen LogP contribution is -2.01. The van der Waals surface area contributed by atoms with Gasteiger partial charge in [0.25, 0.3) is 0 Å². The molecule has 1 aromatic heterocycles. The molecule has 7 heteroatoms. The second-order valence-corrected chi connectivity index (χ2v) is 5.51. The number of aryl methyl sites for hydroxylation is 1. The van der Waals surface area contributed by atoms with Crippen LogP contribution in [0.25, 0.3) is 0 Å². The topological polar surface area (TPSA) is 61.0 Å². The van der Waals surface area contributed by atoms with E-state index in [2.05, 4.69) is 21.0 Å². The fourth-order valence-electron chi connectivity index (χ4n) is 1.40. The molecule has 1 heterocycles. The van der Waals surface area contributed by atoms with E-state index in [1.54, 1.807) is 22.6 Å². The predicted octanol–water partition coefficient (Wildman–Crippen LogP) is 3.35. The number of aromatic nitrogens is 2. The van der Waals surface area contributed by atoms with E-state index in [9.17, 15) is 10.1 Å². The van der Waals surface area contributed by atoms with E-state index in [4.69, 9.17) is 0 Å². The van der Waals surface area contributed by atoms with Crippen molar-refractivity contribution in [1.82, 2.24) is 9.78 Å². The van der Waals surface area contributed by atoms with E-state index in [-0.39, 0.29) is 5.82 Å². The van der Waals surface area contributed by atoms with E-state index in [1.807, 2.05) is 30.3 Å². The normalized spacial score (nSPS) is 10.5. The Bertz CT molecular complexity index is 544. The first-order valence-corrected chi connectivity index (χ1v) is 7.00. The fraction of sp³-hybridized carbons (Fsp3) is 0.182. The Kier molecular flexibility index (Phi) is 4.38. The van der Waals surface area contributed by atoms with Gasteiger partial charge < -0.3 is 10.1 Å². The average Bonchev–Trinajstić information content (AvgIpc) is 2.72. The summed E-state index contributed by atoms with van der Waals surface area (Å²) in [5.74, 6) is 0.676. The molecule has 94 valence electrons. The van der Waals surface area contributed by atoms with Gasteiger partial charge in [-0.3, -0.25) is 0 Å². The van der Waals surface area contributed by atoms with Gasteiger partial charge in [-0.05, 0) is 33.0 Å². The smallest absolute Gasteiger partial charge is 0.358 e. The molecule has 0 radical (unpaired) electrons. The highest BCUT2D eigenvalue weighted by Gasteiger charge is 2.17. The van der Waals surface area contributed by atoms with Crippen LogP contribution in [-0.4, -0.2) is 20.5 Å². The third-order valence-electron chi connectivity index (χ3n) is 2.20. The van der Waals surface area contributed by atoms with Gasteiger partial charge in [-0.2, -0.15) is 4.68 Å². The molecule has 18 heavy (non-hydrogen) atoms. The van der Waals surface area contributed by atoms with Crippen molar-refractivity contribution in [2.24, 2.45) is 0 Å². The van der Waals surface area contributed by atoms with Gasteiger partial charge in [0.05, 0.1) is 17.8 Å².